The lowest BCUT2D eigenvalue weighted by Gasteiger charge is -2.13. The first-order chi connectivity index (χ1) is 12.9. The molecule has 0 atom stereocenters. The van der Waals surface area contributed by atoms with E-state index in [1.165, 1.54) is 12.4 Å². The highest BCUT2D eigenvalue weighted by Gasteiger charge is 2.11. The van der Waals surface area contributed by atoms with Gasteiger partial charge in [0.25, 0.3) is 11.8 Å². The highest BCUT2D eigenvalue weighted by molar-refractivity contribution is 6.05. The Kier molecular flexibility index (Phi) is 7.31. The molecule has 2 aromatic rings. The highest BCUT2D eigenvalue weighted by atomic mass is 16.2. The summed E-state index contributed by atoms with van der Waals surface area (Å²) in [5.41, 5.74) is 2.44. The fourth-order valence-electron chi connectivity index (χ4n) is 2.43. The van der Waals surface area contributed by atoms with E-state index in [1.807, 2.05) is 57.4 Å². The SMILES string of the molecule is CN(C)CCCNC(=O)c1cncc(C(=O)Nc2ccc(N(C)C)cc2)c1. The van der Waals surface area contributed by atoms with Crippen molar-refractivity contribution in [3.05, 3.63) is 53.9 Å². The maximum atomic E-state index is 12.4. The van der Waals surface area contributed by atoms with Crippen molar-refractivity contribution < 1.29 is 9.59 Å². The van der Waals surface area contributed by atoms with E-state index in [4.69, 9.17) is 0 Å². The minimum absolute atomic E-state index is 0.230. The second-order valence-corrected chi connectivity index (χ2v) is 6.77. The predicted octanol–water partition coefficient (Wildman–Crippen LogP) is 2.08. The number of hydrogen-bond donors (Lipinski definition) is 2. The van der Waals surface area contributed by atoms with Crippen LogP contribution in [0.3, 0.4) is 0 Å². The molecule has 0 saturated carbocycles. The van der Waals surface area contributed by atoms with Crippen LogP contribution in [-0.4, -0.2) is 63.0 Å². The van der Waals surface area contributed by atoms with Crippen molar-refractivity contribution in [1.82, 2.24) is 15.2 Å². The molecular weight excluding hydrogens is 342 g/mol. The molecule has 0 unspecified atom stereocenters. The Morgan fingerprint density at radius 2 is 1.59 bits per heavy atom. The number of hydrogen-bond acceptors (Lipinski definition) is 5. The van der Waals surface area contributed by atoms with E-state index in [1.54, 1.807) is 6.07 Å². The number of nitrogens with zero attached hydrogens (tertiary/aromatic N) is 3. The Bertz CT molecular complexity index is 772. The third-order valence-electron chi connectivity index (χ3n) is 3.97. The second kappa shape index (κ2) is 9.68. The third-order valence-corrected chi connectivity index (χ3v) is 3.97. The fourth-order valence-corrected chi connectivity index (χ4v) is 2.43. The molecule has 0 aliphatic carbocycles. The van der Waals surface area contributed by atoms with Crippen molar-refractivity contribution in [2.75, 3.05) is 51.5 Å². The average molecular weight is 369 g/mol. The summed E-state index contributed by atoms with van der Waals surface area (Å²) in [6.07, 6.45) is 3.77. The normalized spacial score (nSPS) is 10.6. The van der Waals surface area contributed by atoms with Crippen molar-refractivity contribution in [1.29, 1.82) is 0 Å². The monoisotopic (exact) mass is 369 g/mol. The zero-order chi connectivity index (χ0) is 19.8. The Hall–Kier alpha value is -2.93. The lowest BCUT2D eigenvalue weighted by molar-refractivity contribution is 0.0952. The van der Waals surface area contributed by atoms with Gasteiger partial charge in [-0.3, -0.25) is 14.6 Å². The lowest BCUT2D eigenvalue weighted by atomic mass is 10.1. The van der Waals surface area contributed by atoms with Crippen LogP contribution in [0.4, 0.5) is 11.4 Å². The predicted molar refractivity (Wildman–Crippen MR) is 108 cm³/mol. The van der Waals surface area contributed by atoms with Crippen molar-refractivity contribution in [2.45, 2.75) is 6.42 Å². The summed E-state index contributed by atoms with van der Waals surface area (Å²) in [7, 11) is 7.89. The zero-order valence-corrected chi connectivity index (χ0v) is 16.3. The van der Waals surface area contributed by atoms with Gasteiger partial charge in [-0.05, 0) is 57.4 Å². The minimum atomic E-state index is -0.303. The van der Waals surface area contributed by atoms with E-state index in [2.05, 4.69) is 20.5 Å². The van der Waals surface area contributed by atoms with E-state index in [9.17, 15) is 9.59 Å². The van der Waals surface area contributed by atoms with Gasteiger partial charge >= 0.3 is 0 Å². The molecule has 0 fully saturated rings. The summed E-state index contributed by atoms with van der Waals surface area (Å²) in [4.78, 5) is 32.7. The van der Waals surface area contributed by atoms with Crippen LogP contribution < -0.4 is 15.5 Å². The first-order valence-corrected chi connectivity index (χ1v) is 8.83. The second-order valence-electron chi connectivity index (χ2n) is 6.77. The van der Waals surface area contributed by atoms with Gasteiger partial charge in [-0.25, -0.2) is 0 Å². The van der Waals surface area contributed by atoms with Crippen LogP contribution in [0.15, 0.2) is 42.7 Å². The van der Waals surface area contributed by atoms with E-state index in [0.717, 1.165) is 18.7 Å². The summed E-state index contributed by atoms with van der Waals surface area (Å²) >= 11 is 0. The van der Waals surface area contributed by atoms with E-state index < -0.39 is 0 Å². The molecule has 7 nitrogen and oxygen atoms in total. The molecule has 2 rings (SSSR count). The lowest BCUT2D eigenvalue weighted by Crippen LogP contribution is -2.27. The summed E-state index contributed by atoms with van der Waals surface area (Å²) < 4.78 is 0. The molecular formula is C20H27N5O2. The van der Waals surface area contributed by atoms with Gasteiger partial charge in [0.05, 0.1) is 11.1 Å². The number of carbonyl (C=O) groups is 2. The molecule has 0 radical (unpaired) electrons. The maximum Gasteiger partial charge on any atom is 0.257 e. The van der Waals surface area contributed by atoms with Crippen LogP contribution in [0.25, 0.3) is 0 Å². The number of aromatic nitrogens is 1. The molecule has 1 aromatic heterocycles. The number of pyridine rings is 1. The van der Waals surface area contributed by atoms with Crippen molar-refractivity contribution in [3.63, 3.8) is 0 Å². The van der Waals surface area contributed by atoms with Crippen LogP contribution in [0, 0.1) is 0 Å². The smallest absolute Gasteiger partial charge is 0.257 e. The highest BCUT2D eigenvalue weighted by Crippen LogP contribution is 2.16. The van der Waals surface area contributed by atoms with Gasteiger partial charge in [0.1, 0.15) is 0 Å². The topological polar surface area (TPSA) is 77.6 Å². The Morgan fingerprint density at radius 3 is 2.19 bits per heavy atom. The molecule has 2 N–H and O–H groups in total. The van der Waals surface area contributed by atoms with Crippen molar-refractivity contribution in [2.24, 2.45) is 0 Å². The van der Waals surface area contributed by atoms with Gasteiger partial charge in [-0.1, -0.05) is 0 Å². The Labute approximate surface area is 160 Å². The molecule has 0 bridgehead atoms. The molecule has 7 heteroatoms. The van der Waals surface area contributed by atoms with E-state index in [0.29, 0.717) is 23.4 Å². The number of anilines is 2. The average Bonchev–Trinajstić information content (AvgIpc) is 2.65. The molecule has 0 aliphatic rings. The number of rotatable bonds is 8. The quantitative estimate of drug-likeness (QED) is 0.697. The molecule has 1 aromatic carbocycles. The standard InChI is InChI=1S/C20H27N5O2/c1-24(2)11-5-10-22-19(26)15-12-16(14-21-13-15)20(27)23-17-6-8-18(9-7-17)25(3)4/h6-9,12-14H,5,10-11H2,1-4H3,(H,22,26)(H,23,27). The molecule has 1 heterocycles. The first-order valence-electron chi connectivity index (χ1n) is 8.83. The van der Waals surface area contributed by atoms with Gasteiger partial charge in [0, 0.05) is 44.4 Å². The molecule has 2 amide bonds. The number of benzene rings is 1. The van der Waals surface area contributed by atoms with Crippen LogP contribution >= 0.6 is 0 Å². The van der Waals surface area contributed by atoms with Gasteiger partial charge in [0.2, 0.25) is 0 Å². The van der Waals surface area contributed by atoms with Crippen LogP contribution in [-0.2, 0) is 0 Å². The largest absolute Gasteiger partial charge is 0.378 e. The molecule has 0 saturated heterocycles. The summed E-state index contributed by atoms with van der Waals surface area (Å²) in [5, 5.41) is 5.67. The van der Waals surface area contributed by atoms with Crippen molar-refractivity contribution >= 4 is 23.2 Å². The number of carbonyl (C=O) groups excluding carboxylic acids is 2. The Morgan fingerprint density at radius 1 is 0.963 bits per heavy atom. The van der Waals surface area contributed by atoms with Gasteiger partial charge in [-0.15, -0.1) is 0 Å². The Balaban J connectivity index is 1.97. The van der Waals surface area contributed by atoms with Crippen LogP contribution in [0.5, 0.6) is 0 Å². The molecule has 0 aliphatic heterocycles. The van der Waals surface area contributed by atoms with E-state index in [-0.39, 0.29) is 11.8 Å². The third kappa shape index (κ3) is 6.38. The van der Waals surface area contributed by atoms with Gasteiger partial charge < -0.3 is 20.4 Å². The van der Waals surface area contributed by atoms with Crippen LogP contribution in [0.2, 0.25) is 0 Å². The van der Waals surface area contributed by atoms with Gasteiger partial charge in [-0.2, -0.15) is 0 Å². The summed E-state index contributed by atoms with van der Waals surface area (Å²) in [6.45, 7) is 1.47. The minimum Gasteiger partial charge on any atom is -0.378 e. The zero-order valence-electron chi connectivity index (χ0n) is 16.3. The molecule has 27 heavy (non-hydrogen) atoms. The van der Waals surface area contributed by atoms with E-state index >= 15 is 0 Å². The maximum absolute atomic E-state index is 12.4. The molecule has 0 spiro atoms. The van der Waals surface area contributed by atoms with Crippen LogP contribution in [0.1, 0.15) is 27.1 Å². The first kappa shape index (κ1) is 20.4. The summed E-state index contributed by atoms with van der Waals surface area (Å²) in [5.74, 6) is -0.534. The summed E-state index contributed by atoms with van der Waals surface area (Å²) in [6, 6.07) is 9.07. The molecule has 144 valence electrons. The fraction of sp³-hybridized carbons (Fsp3) is 0.350. The van der Waals surface area contributed by atoms with Gasteiger partial charge in [0.15, 0.2) is 0 Å². The van der Waals surface area contributed by atoms with Crippen molar-refractivity contribution in [3.8, 4) is 0 Å². The number of amides is 2. The number of nitrogens with one attached hydrogen (secondary N) is 2.